The lowest BCUT2D eigenvalue weighted by molar-refractivity contribution is -0.125. The van der Waals surface area contributed by atoms with Crippen molar-refractivity contribution in [2.45, 2.75) is 44.2 Å². The van der Waals surface area contributed by atoms with Crippen LogP contribution in [-0.2, 0) is 4.79 Å². The Balaban J connectivity index is 1.49. The molecule has 2 atom stereocenters. The predicted octanol–water partition coefficient (Wildman–Crippen LogP) is 2.56. The van der Waals surface area contributed by atoms with Gasteiger partial charge in [-0.15, -0.1) is 0 Å². The first-order valence-corrected chi connectivity index (χ1v) is 9.68. The van der Waals surface area contributed by atoms with Gasteiger partial charge in [0.25, 0.3) is 0 Å². The van der Waals surface area contributed by atoms with Gasteiger partial charge in [0, 0.05) is 43.7 Å². The zero-order valence-corrected chi connectivity index (χ0v) is 15.6. The summed E-state index contributed by atoms with van der Waals surface area (Å²) >= 11 is 5.98. The van der Waals surface area contributed by atoms with Gasteiger partial charge in [0.2, 0.25) is 5.91 Å². The molecule has 0 saturated carbocycles. The van der Waals surface area contributed by atoms with Gasteiger partial charge in [-0.05, 0) is 43.4 Å². The zero-order chi connectivity index (χ0) is 18.5. The molecule has 0 aliphatic carbocycles. The quantitative estimate of drug-likeness (QED) is 0.771. The summed E-state index contributed by atoms with van der Waals surface area (Å²) in [4.78, 5) is 27.2. The number of amides is 3. The monoisotopic (exact) mass is 379 g/mol. The largest absolute Gasteiger partial charge is 0.393 e. The third-order valence-electron chi connectivity index (χ3n) is 5.16. The summed E-state index contributed by atoms with van der Waals surface area (Å²) in [6, 6.07) is 7.66. The Morgan fingerprint density at radius 1 is 1.27 bits per heavy atom. The maximum atomic E-state index is 12.0. The highest BCUT2D eigenvalue weighted by Crippen LogP contribution is 2.31. The number of urea groups is 1. The first-order valence-electron chi connectivity index (χ1n) is 9.30. The van der Waals surface area contributed by atoms with Gasteiger partial charge in [-0.1, -0.05) is 23.7 Å². The molecule has 3 rings (SSSR count). The number of nitrogens with one attached hydrogen (secondary N) is 1. The third kappa shape index (κ3) is 4.75. The smallest absolute Gasteiger partial charge is 0.324 e. The van der Waals surface area contributed by atoms with Crippen molar-refractivity contribution in [1.29, 1.82) is 0 Å². The first kappa shape index (κ1) is 19.1. The molecule has 2 saturated heterocycles. The summed E-state index contributed by atoms with van der Waals surface area (Å²) in [7, 11) is 0. The van der Waals surface area contributed by atoms with Crippen molar-refractivity contribution >= 4 is 23.5 Å². The lowest BCUT2D eigenvalue weighted by Crippen LogP contribution is -2.43. The van der Waals surface area contributed by atoms with E-state index >= 15 is 0 Å². The molecule has 142 valence electrons. The number of nitrogens with zero attached hydrogens (tertiary/aromatic N) is 2. The summed E-state index contributed by atoms with van der Waals surface area (Å²) < 4.78 is 0. The summed E-state index contributed by atoms with van der Waals surface area (Å²) in [5.74, 6) is -0.0877. The van der Waals surface area contributed by atoms with Crippen LogP contribution in [-0.4, -0.2) is 59.1 Å². The Labute approximate surface area is 159 Å². The summed E-state index contributed by atoms with van der Waals surface area (Å²) in [5.41, 5.74) is 1.15. The fourth-order valence-electron chi connectivity index (χ4n) is 3.73. The maximum absolute atomic E-state index is 12.0. The van der Waals surface area contributed by atoms with Gasteiger partial charge in [0.15, 0.2) is 0 Å². The highest BCUT2D eigenvalue weighted by atomic mass is 35.5. The van der Waals surface area contributed by atoms with E-state index in [1.54, 1.807) is 0 Å². The van der Waals surface area contributed by atoms with E-state index < -0.39 is 0 Å². The highest BCUT2D eigenvalue weighted by molar-refractivity contribution is 6.30. The number of benzene rings is 1. The second kappa shape index (κ2) is 8.84. The van der Waals surface area contributed by atoms with E-state index in [4.69, 9.17) is 11.6 Å². The summed E-state index contributed by atoms with van der Waals surface area (Å²) in [5, 5.41) is 13.6. The Kier molecular flexibility index (Phi) is 6.51. The number of aliphatic hydroxyl groups is 1. The topological polar surface area (TPSA) is 72.9 Å². The Hall–Kier alpha value is -1.63. The molecular formula is C19H26ClN3O3. The molecule has 26 heavy (non-hydrogen) atoms. The third-order valence-corrected chi connectivity index (χ3v) is 5.41. The van der Waals surface area contributed by atoms with E-state index in [1.807, 2.05) is 24.3 Å². The summed E-state index contributed by atoms with van der Waals surface area (Å²) in [6.07, 6.45) is 3.20. The van der Waals surface area contributed by atoms with E-state index in [9.17, 15) is 14.7 Å². The Morgan fingerprint density at radius 2 is 2.04 bits per heavy atom. The zero-order valence-electron chi connectivity index (χ0n) is 14.9. The van der Waals surface area contributed by atoms with Crippen LogP contribution in [0.25, 0.3) is 0 Å². The van der Waals surface area contributed by atoms with Crippen LogP contribution in [0, 0.1) is 0 Å². The number of piperidine rings is 1. The molecular weight excluding hydrogens is 354 g/mol. The summed E-state index contributed by atoms with van der Waals surface area (Å²) in [6.45, 7) is 2.71. The van der Waals surface area contributed by atoms with Crippen molar-refractivity contribution in [2.24, 2.45) is 0 Å². The van der Waals surface area contributed by atoms with E-state index in [0.29, 0.717) is 31.0 Å². The number of likely N-dealkylation sites (tertiary alicyclic amines) is 2. The Bertz CT molecular complexity index is 637. The van der Waals surface area contributed by atoms with Crippen molar-refractivity contribution in [2.75, 3.05) is 26.2 Å². The molecule has 2 heterocycles. The molecule has 3 amide bonds. The SMILES string of the molecule is O=C1CCCN1C(=O)NCCCN1CCC(O)CC1c1ccc(Cl)cc1. The number of rotatable bonds is 5. The van der Waals surface area contributed by atoms with E-state index in [-0.39, 0.29) is 24.1 Å². The average molecular weight is 380 g/mol. The van der Waals surface area contributed by atoms with Gasteiger partial charge in [0.05, 0.1) is 6.10 Å². The second-order valence-corrected chi connectivity index (χ2v) is 7.45. The van der Waals surface area contributed by atoms with Crippen LogP contribution in [0.1, 0.15) is 43.7 Å². The van der Waals surface area contributed by atoms with Crippen molar-refractivity contribution in [3.63, 3.8) is 0 Å². The van der Waals surface area contributed by atoms with Crippen LogP contribution < -0.4 is 5.32 Å². The molecule has 2 fully saturated rings. The second-order valence-electron chi connectivity index (χ2n) is 7.02. The van der Waals surface area contributed by atoms with Crippen LogP contribution in [0.15, 0.2) is 24.3 Å². The minimum absolute atomic E-state index is 0.0877. The first-order chi connectivity index (χ1) is 12.5. The standard InChI is InChI=1S/C19H26ClN3O3/c20-15-6-4-14(5-7-15)17-13-16(24)8-12-22(17)10-2-9-21-19(26)23-11-1-3-18(23)25/h4-7,16-17,24H,1-3,8-13H2,(H,21,26). The number of carbonyl (C=O) groups excluding carboxylic acids is 2. The number of hydrogen-bond donors (Lipinski definition) is 2. The normalized spacial score (nSPS) is 24.1. The van der Waals surface area contributed by atoms with Gasteiger partial charge in [-0.25, -0.2) is 4.79 Å². The van der Waals surface area contributed by atoms with Gasteiger partial charge in [-0.2, -0.15) is 0 Å². The number of aliphatic hydroxyl groups excluding tert-OH is 1. The number of carbonyl (C=O) groups is 2. The fourth-order valence-corrected chi connectivity index (χ4v) is 3.86. The molecule has 7 heteroatoms. The molecule has 0 aromatic heterocycles. The minimum Gasteiger partial charge on any atom is -0.393 e. The number of hydrogen-bond acceptors (Lipinski definition) is 4. The van der Waals surface area contributed by atoms with Crippen LogP contribution in [0.3, 0.4) is 0 Å². The molecule has 2 N–H and O–H groups in total. The molecule has 0 spiro atoms. The average Bonchev–Trinajstić information content (AvgIpc) is 3.06. The van der Waals surface area contributed by atoms with Gasteiger partial charge in [0.1, 0.15) is 0 Å². The highest BCUT2D eigenvalue weighted by Gasteiger charge is 2.29. The van der Waals surface area contributed by atoms with Crippen molar-refractivity contribution in [3.05, 3.63) is 34.9 Å². The van der Waals surface area contributed by atoms with E-state index in [2.05, 4.69) is 10.2 Å². The maximum Gasteiger partial charge on any atom is 0.324 e. The fraction of sp³-hybridized carbons (Fsp3) is 0.579. The Morgan fingerprint density at radius 3 is 2.73 bits per heavy atom. The number of halogens is 1. The molecule has 2 aliphatic heterocycles. The van der Waals surface area contributed by atoms with E-state index in [0.717, 1.165) is 37.9 Å². The van der Waals surface area contributed by atoms with E-state index in [1.165, 1.54) is 4.90 Å². The molecule has 0 bridgehead atoms. The van der Waals surface area contributed by atoms with Crippen LogP contribution in [0.5, 0.6) is 0 Å². The molecule has 0 radical (unpaired) electrons. The molecule has 1 aromatic rings. The minimum atomic E-state index is -0.284. The van der Waals surface area contributed by atoms with Crippen LogP contribution >= 0.6 is 11.6 Å². The van der Waals surface area contributed by atoms with Gasteiger partial charge >= 0.3 is 6.03 Å². The number of imide groups is 1. The van der Waals surface area contributed by atoms with Crippen molar-refractivity contribution < 1.29 is 14.7 Å². The lowest BCUT2D eigenvalue weighted by atomic mass is 9.93. The lowest BCUT2D eigenvalue weighted by Gasteiger charge is -2.38. The van der Waals surface area contributed by atoms with Crippen molar-refractivity contribution in [1.82, 2.24) is 15.1 Å². The predicted molar refractivity (Wildman–Crippen MR) is 100.0 cm³/mol. The van der Waals surface area contributed by atoms with Crippen molar-refractivity contribution in [3.8, 4) is 0 Å². The molecule has 6 nitrogen and oxygen atoms in total. The van der Waals surface area contributed by atoms with Crippen LogP contribution in [0.2, 0.25) is 5.02 Å². The van der Waals surface area contributed by atoms with Gasteiger partial charge < -0.3 is 10.4 Å². The van der Waals surface area contributed by atoms with Gasteiger partial charge in [-0.3, -0.25) is 14.6 Å². The molecule has 2 unspecified atom stereocenters. The van der Waals surface area contributed by atoms with Crippen LogP contribution in [0.4, 0.5) is 4.79 Å². The molecule has 2 aliphatic rings. The molecule has 1 aromatic carbocycles.